The Bertz CT molecular complexity index is 486. The Labute approximate surface area is 118 Å². The van der Waals surface area contributed by atoms with Gasteiger partial charge in [0.2, 0.25) is 0 Å². The molecule has 108 valence electrons. The summed E-state index contributed by atoms with van der Waals surface area (Å²) in [6, 6.07) is 3.42. The van der Waals surface area contributed by atoms with E-state index in [9.17, 15) is 9.90 Å². The summed E-state index contributed by atoms with van der Waals surface area (Å²) in [5.41, 5.74) is 0.264. The minimum atomic E-state index is -0.454. The molecule has 1 heterocycles. The average Bonchev–Trinajstić information content (AvgIpc) is 3.29. The van der Waals surface area contributed by atoms with Gasteiger partial charge < -0.3 is 14.7 Å². The second-order valence-electron chi connectivity index (χ2n) is 5.04. The van der Waals surface area contributed by atoms with Gasteiger partial charge in [0, 0.05) is 19.8 Å². The fraction of sp³-hybridized carbons (Fsp3) is 0.467. The van der Waals surface area contributed by atoms with Gasteiger partial charge in [0.1, 0.15) is 6.61 Å². The highest BCUT2D eigenvalue weighted by Crippen LogP contribution is 2.32. The second-order valence-corrected chi connectivity index (χ2v) is 5.04. The van der Waals surface area contributed by atoms with Crippen molar-refractivity contribution >= 4 is 5.91 Å². The molecule has 0 spiro atoms. The van der Waals surface area contributed by atoms with Crippen molar-refractivity contribution in [2.45, 2.75) is 18.9 Å². The lowest BCUT2D eigenvalue weighted by molar-refractivity contribution is 0.0636. The van der Waals surface area contributed by atoms with E-state index in [4.69, 9.17) is 4.74 Å². The minimum Gasteiger partial charge on any atom is -0.487 e. The predicted molar refractivity (Wildman–Crippen MR) is 75.6 cm³/mol. The molecule has 1 fully saturated rings. The zero-order chi connectivity index (χ0) is 14.5. The van der Waals surface area contributed by atoms with E-state index in [0.29, 0.717) is 24.8 Å². The van der Waals surface area contributed by atoms with Crippen molar-refractivity contribution in [1.82, 2.24) is 9.88 Å². The van der Waals surface area contributed by atoms with Gasteiger partial charge in [0.15, 0.2) is 11.4 Å². The van der Waals surface area contributed by atoms with Crippen LogP contribution in [0.2, 0.25) is 0 Å². The molecule has 20 heavy (non-hydrogen) atoms. The summed E-state index contributed by atoms with van der Waals surface area (Å²) < 4.78 is 5.43. The van der Waals surface area contributed by atoms with Gasteiger partial charge >= 0.3 is 0 Å². The van der Waals surface area contributed by atoms with Gasteiger partial charge in [-0.15, -0.1) is 0 Å². The van der Waals surface area contributed by atoms with Gasteiger partial charge in [-0.1, -0.05) is 12.7 Å². The molecular weight excluding hydrogens is 256 g/mol. The lowest BCUT2D eigenvalue weighted by Gasteiger charge is -2.21. The SMILES string of the molecule is C=CCOc1cccnc1C(=O)N(C)CC(O)C1CC1. The number of amides is 1. The highest BCUT2D eigenvalue weighted by molar-refractivity contribution is 5.94. The zero-order valence-corrected chi connectivity index (χ0v) is 11.7. The van der Waals surface area contributed by atoms with Crippen LogP contribution in [-0.2, 0) is 0 Å². The van der Waals surface area contributed by atoms with Gasteiger partial charge in [-0.2, -0.15) is 0 Å². The number of rotatable bonds is 7. The number of carbonyl (C=O) groups is 1. The van der Waals surface area contributed by atoms with Crippen LogP contribution in [0.4, 0.5) is 0 Å². The Morgan fingerprint density at radius 3 is 3.10 bits per heavy atom. The van der Waals surface area contributed by atoms with Crippen LogP contribution in [0.25, 0.3) is 0 Å². The molecule has 0 aliphatic heterocycles. The Morgan fingerprint density at radius 1 is 1.70 bits per heavy atom. The van der Waals surface area contributed by atoms with E-state index in [1.54, 1.807) is 31.5 Å². The first-order valence-corrected chi connectivity index (χ1v) is 6.75. The van der Waals surface area contributed by atoms with E-state index in [1.807, 2.05) is 0 Å². The lowest BCUT2D eigenvalue weighted by Crippen LogP contribution is -2.35. The van der Waals surface area contributed by atoms with Crippen LogP contribution in [0.15, 0.2) is 31.0 Å². The molecule has 1 aromatic rings. The first kappa shape index (κ1) is 14.5. The molecular formula is C15H20N2O3. The Morgan fingerprint density at radius 2 is 2.45 bits per heavy atom. The summed E-state index contributed by atoms with van der Waals surface area (Å²) in [4.78, 5) is 17.9. The molecule has 0 saturated heterocycles. The largest absolute Gasteiger partial charge is 0.487 e. The highest BCUT2D eigenvalue weighted by atomic mass is 16.5. The number of aliphatic hydroxyl groups is 1. The van der Waals surface area contributed by atoms with Gasteiger partial charge in [0.05, 0.1) is 6.10 Å². The van der Waals surface area contributed by atoms with Crippen molar-refractivity contribution in [1.29, 1.82) is 0 Å². The minimum absolute atomic E-state index is 0.246. The van der Waals surface area contributed by atoms with Crippen LogP contribution in [0.5, 0.6) is 5.75 Å². The number of ether oxygens (including phenoxy) is 1. The maximum Gasteiger partial charge on any atom is 0.276 e. The van der Waals surface area contributed by atoms with Crippen LogP contribution in [0.1, 0.15) is 23.3 Å². The normalized spacial score (nSPS) is 15.5. The summed E-state index contributed by atoms with van der Waals surface area (Å²) in [5, 5.41) is 9.91. The van der Waals surface area contributed by atoms with Gasteiger partial charge in [-0.25, -0.2) is 4.98 Å². The average molecular weight is 276 g/mol. The molecule has 1 atom stereocenters. The standard InChI is InChI=1S/C15H20N2O3/c1-3-9-20-13-5-4-8-16-14(13)15(19)17(2)10-12(18)11-6-7-11/h3-5,8,11-12,18H,1,6-7,9-10H2,2H3. The number of hydrogen-bond donors (Lipinski definition) is 1. The van der Waals surface area contributed by atoms with Crippen molar-refractivity contribution < 1.29 is 14.6 Å². The molecule has 1 saturated carbocycles. The van der Waals surface area contributed by atoms with Crippen molar-refractivity contribution in [3.05, 3.63) is 36.7 Å². The third-order valence-electron chi connectivity index (χ3n) is 3.30. The third-order valence-corrected chi connectivity index (χ3v) is 3.30. The lowest BCUT2D eigenvalue weighted by atomic mass is 10.2. The Balaban J connectivity index is 2.04. The van der Waals surface area contributed by atoms with Crippen LogP contribution < -0.4 is 4.74 Å². The molecule has 0 aromatic carbocycles. The van der Waals surface area contributed by atoms with Crippen molar-refractivity contribution in [2.24, 2.45) is 5.92 Å². The van der Waals surface area contributed by atoms with Crippen molar-refractivity contribution in [2.75, 3.05) is 20.2 Å². The maximum atomic E-state index is 12.4. The number of hydrogen-bond acceptors (Lipinski definition) is 4. The fourth-order valence-corrected chi connectivity index (χ4v) is 1.99. The first-order valence-electron chi connectivity index (χ1n) is 6.75. The number of likely N-dealkylation sites (N-methyl/N-ethyl adjacent to an activating group) is 1. The summed E-state index contributed by atoms with van der Waals surface area (Å²) in [6.07, 6.45) is 4.80. The van der Waals surface area contributed by atoms with E-state index in [2.05, 4.69) is 11.6 Å². The van der Waals surface area contributed by atoms with Gasteiger partial charge in [0.25, 0.3) is 5.91 Å². The first-order chi connectivity index (χ1) is 9.63. The summed E-state index contributed by atoms with van der Waals surface area (Å²) >= 11 is 0. The number of carbonyl (C=O) groups excluding carboxylic acids is 1. The molecule has 0 radical (unpaired) electrons. The molecule has 0 bridgehead atoms. The number of aromatic nitrogens is 1. The second kappa shape index (κ2) is 6.52. The van der Waals surface area contributed by atoms with Crippen LogP contribution in [0.3, 0.4) is 0 Å². The van der Waals surface area contributed by atoms with E-state index < -0.39 is 6.10 Å². The monoisotopic (exact) mass is 276 g/mol. The molecule has 1 amide bonds. The third kappa shape index (κ3) is 3.57. The van der Waals surface area contributed by atoms with Crippen molar-refractivity contribution in [3.8, 4) is 5.75 Å². The van der Waals surface area contributed by atoms with Crippen LogP contribution >= 0.6 is 0 Å². The van der Waals surface area contributed by atoms with Crippen molar-refractivity contribution in [3.63, 3.8) is 0 Å². The number of pyridine rings is 1. The smallest absolute Gasteiger partial charge is 0.276 e. The Hall–Kier alpha value is -1.88. The molecule has 1 aliphatic carbocycles. The highest BCUT2D eigenvalue weighted by Gasteiger charge is 2.31. The van der Waals surface area contributed by atoms with E-state index in [-0.39, 0.29) is 11.6 Å². The molecule has 5 heteroatoms. The van der Waals surface area contributed by atoms with E-state index >= 15 is 0 Å². The Kier molecular flexibility index (Phi) is 4.74. The fourth-order valence-electron chi connectivity index (χ4n) is 1.99. The summed E-state index contributed by atoms with van der Waals surface area (Å²) in [6.45, 7) is 4.22. The zero-order valence-electron chi connectivity index (χ0n) is 11.7. The maximum absolute atomic E-state index is 12.4. The molecule has 2 rings (SSSR count). The quantitative estimate of drug-likeness (QED) is 0.766. The molecule has 1 aromatic heterocycles. The van der Waals surface area contributed by atoms with Crippen LogP contribution in [0, 0.1) is 5.92 Å². The number of nitrogens with zero attached hydrogens (tertiary/aromatic N) is 2. The molecule has 5 nitrogen and oxygen atoms in total. The molecule has 1 aliphatic rings. The summed E-state index contributed by atoms with van der Waals surface area (Å²) in [7, 11) is 1.67. The van der Waals surface area contributed by atoms with Gasteiger partial charge in [-0.05, 0) is 30.9 Å². The predicted octanol–water partition coefficient (Wildman–Crippen LogP) is 1.49. The topological polar surface area (TPSA) is 62.7 Å². The van der Waals surface area contributed by atoms with E-state index in [1.165, 1.54) is 4.90 Å². The van der Waals surface area contributed by atoms with Gasteiger partial charge in [-0.3, -0.25) is 4.79 Å². The number of aliphatic hydroxyl groups excluding tert-OH is 1. The summed E-state index contributed by atoms with van der Waals surface area (Å²) in [5.74, 6) is 0.528. The molecule has 1 unspecified atom stereocenters. The van der Waals surface area contributed by atoms with Crippen LogP contribution in [-0.4, -0.2) is 47.2 Å². The van der Waals surface area contributed by atoms with E-state index in [0.717, 1.165) is 12.8 Å². The molecule has 1 N–H and O–H groups in total.